The molecule has 0 fully saturated rings. The van der Waals surface area contributed by atoms with Crippen LogP contribution in [0.25, 0.3) is 0 Å². The average Bonchev–Trinajstić information content (AvgIpc) is 2.54. The van der Waals surface area contributed by atoms with Crippen LogP contribution in [0.4, 0.5) is 37.1 Å². The molecule has 2 aliphatic heterocycles. The summed E-state index contributed by atoms with van der Waals surface area (Å²) in [6, 6.07) is 2.21. The van der Waals surface area contributed by atoms with Gasteiger partial charge in [0.15, 0.2) is 12.2 Å². The van der Waals surface area contributed by atoms with Crippen LogP contribution in [0.3, 0.4) is 0 Å². The molecule has 0 aliphatic carbocycles. The quantitative estimate of drug-likeness (QED) is 0.0243. The Morgan fingerprint density at radius 2 is 0.965 bits per heavy atom. The fraction of sp³-hybridized carbons (Fsp3) is 0.492. The van der Waals surface area contributed by atoms with Gasteiger partial charge in [-0.05, 0) is 76.4 Å². The summed E-state index contributed by atoms with van der Waals surface area (Å²) in [5, 5.41) is 74.5. The highest BCUT2D eigenvalue weighted by Crippen LogP contribution is 2.46. The minimum absolute atomic E-state index is 0.0257. The van der Waals surface area contributed by atoms with Crippen LogP contribution in [0.15, 0.2) is 93.0 Å². The van der Waals surface area contributed by atoms with Gasteiger partial charge < -0.3 is 90.6 Å². The van der Waals surface area contributed by atoms with E-state index in [4.69, 9.17) is 49.4 Å². The monoisotopic (exact) mass is 1200 g/mol. The first kappa shape index (κ1) is 70.4. The van der Waals surface area contributed by atoms with Crippen LogP contribution in [0.5, 0.6) is 23.0 Å². The molecule has 25 heteroatoms. The highest BCUT2D eigenvalue weighted by atomic mass is 16.7. The number of nitrogens with zero attached hydrogens (tertiary/aromatic N) is 2. The number of methoxy groups -OCH3 is 4. The SMILES string of the molecule is COC1C=CC=C(C)C(=O)Nc2cc(O)c(N=CCOC(=O)OCC=Nc3c(O)cc4c(O)c3CC(C)CC(OC)C(O)C(C)C=C(C)C(OC(N)=O)C(OC)C=CC=C(C)C(=O)N4)c(c2O)CC(C)CC(OC)C(O)C(C)C=C(C)C1OC(N)=O. The van der Waals surface area contributed by atoms with Crippen molar-refractivity contribution in [2.45, 2.75) is 130 Å². The third kappa shape index (κ3) is 20.0. The topological polar surface area (TPSA) is 381 Å². The van der Waals surface area contributed by atoms with Crippen molar-refractivity contribution >= 4 is 65.3 Å². The molecule has 12 unspecified atom stereocenters. The van der Waals surface area contributed by atoms with Crippen molar-refractivity contribution in [3.8, 4) is 23.0 Å². The number of nitrogens with two attached hydrogens (primary N) is 2. The zero-order valence-corrected chi connectivity index (χ0v) is 50.6. The number of benzene rings is 2. The number of hydrogen-bond donors (Lipinski definition) is 10. The van der Waals surface area contributed by atoms with Crippen molar-refractivity contribution in [2.75, 3.05) is 52.3 Å². The van der Waals surface area contributed by atoms with E-state index >= 15 is 0 Å². The van der Waals surface area contributed by atoms with Gasteiger partial charge in [-0.15, -0.1) is 0 Å². The van der Waals surface area contributed by atoms with E-state index < -0.39 is 127 Å². The number of phenols is 4. The second-order valence-electron chi connectivity index (χ2n) is 21.4. The summed E-state index contributed by atoms with van der Waals surface area (Å²) < 4.78 is 44.0. The first-order valence-electron chi connectivity index (χ1n) is 27.7. The van der Waals surface area contributed by atoms with Crippen LogP contribution in [0, 0.1) is 23.7 Å². The van der Waals surface area contributed by atoms with Crippen molar-refractivity contribution < 1.29 is 92.5 Å². The molecule has 472 valence electrons. The molecule has 2 aromatic rings. The van der Waals surface area contributed by atoms with Gasteiger partial charge in [0, 0.05) is 87.1 Å². The maximum atomic E-state index is 13.5. The maximum Gasteiger partial charge on any atom is 0.509 e. The molecule has 2 aromatic carbocycles. The van der Waals surface area contributed by atoms with Crippen molar-refractivity contribution in [1.82, 2.24) is 0 Å². The number of carbonyl (C=O) groups excluding carboxylic acids is 5. The van der Waals surface area contributed by atoms with Crippen LogP contribution in [0.1, 0.15) is 79.4 Å². The van der Waals surface area contributed by atoms with E-state index in [1.807, 2.05) is 13.8 Å². The number of aliphatic imine (C=N–C) groups is 2. The third-order valence-electron chi connectivity index (χ3n) is 14.6. The number of allylic oxidation sites excluding steroid dienone is 4. The van der Waals surface area contributed by atoms with Gasteiger partial charge in [0.05, 0.1) is 35.8 Å². The number of aliphatic hydroxyl groups is 2. The molecule has 12 atom stereocenters. The molecule has 12 N–H and O–H groups in total. The number of amides is 4. The number of aromatic hydroxyl groups is 4. The Bertz CT molecular complexity index is 2770. The fourth-order valence-electron chi connectivity index (χ4n) is 9.99. The molecular formula is C61H84N6O19. The summed E-state index contributed by atoms with van der Waals surface area (Å²) in [5.41, 5.74) is 11.9. The Morgan fingerprint density at radius 3 is 1.29 bits per heavy atom. The van der Waals surface area contributed by atoms with Crippen LogP contribution < -0.4 is 22.1 Å². The van der Waals surface area contributed by atoms with E-state index in [9.17, 15) is 54.6 Å². The summed E-state index contributed by atoms with van der Waals surface area (Å²) in [6.07, 6.45) is 4.46. The summed E-state index contributed by atoms with van der Waals surface area (Å²) in [6.45, 7) is 12.5. The van der Waals surface area contributed by atoms with Crippen LogP contribution in [-0.2, 0) is 60.3 Å². The van der Waals surface area contributed by atoms with Gasteiger partial charge >= 0.3 is 18.3 Å². The first-order chi connectivity index (χ1) is 40.6. The number of rotatable bonds is 12. The fourth-order valence-corrected chi connectivity index (χ4v) is 9.99. The lowest BCUT2D eigenvalue weighted by molar-refractivity contribution is -0.113. The molecule has 2 heterocycles. The van der Waals surface area contributed by atoms with Crippen molar-refractivity contribution in [1.29, 1.82) is 0 Å². The van der Waals surface area contributed by atoms with Gasteiger partial charge in [-0.1, -0.05) is 76.3 Å². The molecule has 86 heavy (non-hydrogen) atoms. The van der Waals surface area contributed by atoms with E-state index in [-0.39, 0.29) is 82.5 Å². The maximum absolute atomic E-state index is 13.5. The Kier molecular flexibility index (Phi) is 27.5. The van der Waals surface area contributed by atoms with E-state index in [1.54, 1.807) is 52.0 Å². The molecule has 25 nitrogen and oxygen atoms in total. The Labute approximate surface area is 500 Å². The van der Waals surface area contributed by atoms with Crippen molar-refractivity contribution in [3.63, 3.8) is 0 Å². The van der Waals surface area contributed by atoms with Gasteiger partial charge in [-0.2, -0.15) is 0 Å². The normalized spacial score (nSPS) is 26.2. The molecule has 4 bridgehead atoms. The van der Waals surface area contributed by atoms with Gasteiger partial charge in [0.25, 0.3) is 11.8 Å². The standard InChI is InChI=1S/C61H84N6O19/c1-31-23-39-49(43(68)29-41(53(39)72)66-57(74)33(3)15-13-17-45(79-9)55(85-59(62)76)37(7)27-35(5)51(70)47(25-31)81-11)64-19-21-83-61(78)84-22-20-65-50-40-24-32(2)26-48(82-12)52(71)36(6)28-38(8)56(86-60(63)77)46(80-10)18-14-16-34(4)58(75)67-42(54(40)73)30-44(50)69/h13-20,27-32,35-36,45-48,51-52,55-56,68-73H,21-26H2,1-12H3,(H2,62,76)(H2,63,77)(H,66,74)(H,67,75). The smallest absolute Gasteiger partial charge is 0.506 e. The molecular weight excluding hydrogens is 1120 g/mol. The number of primary amides is 2. The minimum atomic E-state index is -1.18. The number of fused-ring (bicyclic) bond motifs is 4. The average molecular weight is 1210 g/mol. The zero-order chi connectivity index (χ0) is 64.1. The van der Waals surface area contributed by atoms with Crippen LogP contribution >= 0.6 is 0 Å². The van der Waals surface area contributed by atoms with Gasteiger partial charge in [-0.3, -0.25) is 19.6 Å². The predicted octanol–water partition coefficient (Wildman–Crippen LogP) is 7.69. The lowest BCUT2D eigenvalue weighted by atomic mass is 9.87. The van der Waals surface area contributed by atoms with Crippen LogP contribution in [0.2, 0.25) is 0 Å². The van der Waals surface area contributed by atoms with Crippen LogP contribution in [-0.4, -0.2) is 164 Å². The molecule has 4 rings (SSSR count). The molecule has 4 amide bonds. The van der Waals surface area contributed by atoms with Crippen molar-refractivity contribution in [3.05, 3.63) is 94.2 Å². The molecule has 2 aliphatic rings. The second kappa shape index (κ2) is 33.6. The zero-order valence-electron chi connectivity index (χ0n) is 50.6. The van der Waals surface area contributed by atoms with E-state index in [0.717, 1.165) is 24.6 Å². The lowest BCUT2D eigenvalue weighted by Gasteiger charge is -2.29. The molecule has 0 aromatic heterocycles. The predicted molar refractivity (Wildman–Crippen MR) is 321 cm³/mol. The number of carbonyl (C=O) groups is 5. The Hall–Kier alpha value is -8.07. The number of nitrogens with one attached hydrogen (secondary N) is 2. The van der Waals surface area contributed by atoms with Crippen molar-refractivity contribution in [2.24, 2.45) is 45.1 Å². The summed E-state index contributed by atoms with van der Waals surface area (Å²) >= 11 is 0. The minimum Gasteiger partial charge on any atom is -0.506 e. The highest BCUT2D eigenvalue weighted by Gasteiger charge is 2.33. The van der Waals surface area contributed by atoms with E-state index in [0.29, 0.717) is 11.1 Å². The lowest BCUT2D eigenvalue weighted by Crippen LogP contribution is -2.37. The number of aliphatic hydroxyl groups excluding tert-OH is 2. The largest absolute Gasteiger partial charge is 0.509 e. The van der Waals surface area contributed by atoms with Gasteiger partial charge in [-0.25, -0.2) is 14.4 Å². The number of hydrogen-bond acceptors (Lipinski definition) is 21. The van der Waals surface area contributed by atoms with Gasteiger partial charge in [0.2, 0.25) is 0 Å². The molecule has 0 spiro atoms. The van der Waals surface area contributed by atoms with E-state index in [2.05, 4.69) is 20.6 Å². The number of anilines is 2. The first-order valence-corrected chi connectivity index (χ1v) is 27.7. The number of phenolic OH excluding ortho intramolecular Hbond substituents is 4. The summed E-state index contributed by atoms with van der Waals surface area (Å²) in [5.74, 6) is -4.94. The molecule has 0 saturated heterocycles. The third-order valence-corrected chi connectivity index (χ3v) is 14.6. The Balaban J connectivity index is 1.60. The molecule has 0 saturated carbocycles. The van der Waals surface area contributed by atoms with Gasteiger partial charge in [0.1, 0.15) is 59.8 Å². The number of ether oxygens (including phenoxy) is 8. The summed E-state index contributed by atoms with van der Waals surface area (Å²) in [7, 11) is 5.67. The second-order valence-corrected chi connectivity index (χ2v) is 21.4. The van der Waals surface area contributed by atoms with E-state index in [1.165, 1.54) is 66.6 Å². The highest BCUT2D eigenvalue weighted by molar-refractivity contribution is 6.05. The Morgan fingerprint density at radius 1 is 0.605 bits per heavy atom. The molecule has 0 radical (unpaired) electrons. The summed E-state index contributed by atoms with van der Waals surface area (Å²) in [4.78, 5) is 72.4.